The van der Waals surface area contributed by atoms with Gasteiger partial charge in [0.15, 0.2) is 13.4 Å². The maximum atomic E-state index is 11.7. The monoisotopic (exact) mass is 298 g/mol. The van der Waals surface area contributed by atoms with Gasteiger partial charge in [-0.2, -0.15) is 0 Å². The van der Waals surface area contributed by atoms with Gasteiger partial charge in [-0.25, -0.2) is 0 Å². The molecule has 0 spiro atoms. The molecule has 0 rings (SSSR count). The maximum Gasteiger partial charge on any atom is 0.242 e. The van der Waals surface area contributed by atoms with Gasteiger partial charge in [0.2, 0.25) is 11.8 Å². The SMILES string of the molecule is [B]C(=O)CCCCC(=O)NC(C)C(=O)NC(C)C(=O)P. The molecular weight excluding hydrogens is 278 g/mol. The first-order valence-electron chi connectivity index (χ1n) is 6.41. The van der Waals surface area contributed by atoms with E-state index in [1.165, 1.54) is 6.92 Å². The molecule has 2 N–H and O–H groups in total. The van der Waals surface area contributed by atoms with Crippen molar-refractivity contribution in [3.8, 4) is 0 Å². The third-order valence-electron chi connectivity index (χ3n) is 2.63. The van der Waals surface area contributed by atoms with E-state index in [1.807, 2.05) is 9.24 Å². The highest BCUT2D eigenvalue weighted by atomic mass is 31.0. The molecule has 0 saturated heterocycles. The van der Waals surface area contributed by atoms with Gasteiger partial charge < -0.3 is 15.4 Å². The van der Waals surface area contributed by atoms with Crippen LogP contribution in [0.25, 0.3) is 0 Å². The second-order valence-corrected chi connectivity index (χ2v) is 5.16. The summed E-state index contributed by atoms with van der Waals surface area (Å²) in [6.45, 7) is 3.10. The van der Waals surface area contributed by atoms with Crippen LogP contribution in [0.2, 0.25) is 0 Å². The molecule has 0 saturated carbocycles. The van der Waals surface area contributed by atoms with Gasteiger partial charge in [0.1, 0.15) is 6.04 Å². The fraction of sp³-hybridized carbons (Fsp3) is 0.667. The average Bonchev–Trinajstić information content (AvgIpc) is 2.33. The highest BCUT2D eigenvalue weighted by molar-refractivity contribution is 7.40. The van der Waals surface area contributed by atoms with Gasteiger partial charge in [0.05, 0.1) is 11.7 Å². The van der Waals surface area contributed by atoms with Crippen LogP contribution in [0.4, 0.5) is 0 Å². The number of carbonyl (C=O) groups is 4. The van der Waals surface area contributed by atoms with Gasteiger partial charge in [-0.3, -0.25) is 14.4 Å². The molecule has 0 heterocycles. The Labute approximate surface area is 122 Å². The van der Waals surface area contributed by atoms with Gasteiger partial charge in [-0.1, -0.05) is 9.24 Å². The topological polar surface area (TPSA) is 92.3 Å². The minimum atomic E-state index is -0.717. The van der Waals surface area contributed by atoms with Crippen molar-refractivity contribution >= 4 is 40.1 Å². The van der Waals surface area contributed by atoms with Gasteiger partial charge in [-0.15, -0.1) is 0 Å². The zero-order valence-electron chi connectivity index (χ0n) is 11.8. The molecule has 2 radical (unpaired) electrons. The van der Waals surface area contributed by atoms with Crippen LogP contribution in [-0.4, -0.2) is 43.0 Å². The molecule has 0 aliphatic heterocycles. The highest BCUT2D eigenvalue weighted by Crippen LogP contribution is 2.00. The first-order chi connectivity index (χ1) is 9.23. The molecule has 8 heteroatoms. The largest absolute Gasteiger partial charge is 0.345 e. The molecule has 0 fully saturated rings. The lowest BCUT2D eigenvalue weighted by Crippen LogP contribution is -2.48. The number of carbonyl (C=O) groups excluding carboxylic acids is 4. The van der Waals surface area contributed by atoms with E-state index in [0.717, 1.165) is 0 Å². The molecule has 6 nitrogen and oxygen atoms in total. The van der Waals surface area contributed by atoms with Crippen molar-refractivity contribution in [2.45, 2.75) is 51.6 Å². The van der Waals surface area contributed by atoms with E-state index in [0.29, 0.717) is 12.8 Å². The smallest absolute Gasteiger partial charge is 0.242 e. The van der Waals surface area contributed by atoms with Gasteiger partial charge in [0, 0.05) is 6.42 Å². The van der Waals surface area contributed by atoms with E-state index < -0.39 is 23.7 Å². The van der Waals surface area contributed by atoms with E-state index in [1.54, 1.807) is 6.92 Å². The third-order valence-corrected chi connectivity index (χ3v) is 3.13. The molecule has 0 aromatic heterocycles. The number of hydrogen-bond acceptors (Lipinski definition) is 4. The summed E-state index contributed by atoms with van der Waals surface area (Å²) in [6, 6.07) is -1.33. The summed E-state index contributed by atoms with van der Waals surface area (Å²) < 4.78 is 0. The second kappa shape index (κ2) is 9.64. The van der Waals surface area contributed by atoms with Crippen molar-refractivity contribution in [3.63, 3.8) is 0 Å². The predicted molar refractivity (Wildman–Crippen MR) is 79.2 cm³/mol. The Bertz CT molecular complexity index is 390. The Morgan fingerprint density at radius 1 is 1.00 bits per heavy atom. The summed E-state index contributed by atoms with van der Waals surface area (Å²) in [5.74, 6) is -0.694. The molecule has 20 heavy (non-hydrogen) atoms. The molecule has 110 valence electrons. The van der Waals surface area contributed by atoms with Crippen molar-refractivity contribution in [3.05, 3.63) is 0 Å². The van der Waals surface area contributed by atoms with Crippen molar-refractivity contribution in [1.82, 2.24) is 10.6 Å². The number of hydrogen-bond donors (Lipinski definition) is 2. The Morgan fingerprint density at radius 2 is 1.55 bits per heavy atom. The van der Waals surface area contributed by atoms with E-state index in [4.69, 9.17) is 7.85 Å². The molecular formula is C12H20BN2O4P. The van der Waals surface area contributed by atoms with Gasteiger partial charge >= 0.3 is 0 Å². The van der Waals surface area contributed by atoms with E-state index in [-0.39, 0.29) is 24.3 Å². The third kappa shape index (κ3) is 8.80. The van der Waals surface area contributed by atoms with Crippen LogP contribution in [0.3, 0.4) is 0 Å². The normalized spacial score (nSPS) is 13.2. The van der Waals surface area contributed by atoms with Crippen molar-refractivity contribution in [1.29, 1.82) is 0 Å². The molecule has 2 amide bonds. The molecule has 0 aromatic carbocycles. The summed E-state index contributed by atoms with van der Waals surface area (Å²) in [6.07, 6.45) is 1.55. The number of rotatable bonds is 9. The summed E-state index contributed by atoms with van der Waals surface area (Å²) in [4.78, 5) is 44.7. The Morgan fingerprint density at radius 3 is 2.05 bits per heavy atom. The summed E-state index contributed by atoms with van der Waals surface area (Å²) in [5, 5.41) is 5.01. The maximum absolute atomic E-state index is 11.7. The Balaban J connectivity index is 3.97. The average molecular weight is 298 g/mol. The molecule has 0 bridgehead atoms. The van der Waals surface area contributed by atoms with Crippen molar-refractivity contribution in [2.75, 3.05) is 0 Å². The van der Waals surface area contributed by atoms with E-state index in [9.17, 15) is 19.2 Å². The summed E-state index contributed by atoms with van der Waals surface area (Å²) >= 11 is 0. The molecule has 0 aliphatic rings. The Hall–Kier alpha value is -1.23. The number of amides is 2. The molecule has 3 atom stereocenters. The van der Waals surface area contributed by atoms with Crippen LogP contribution in [0, 0.1) is 0 Å². The number of unbranched alkanes of at least 4 members (excludes halogenated alkanes) is 1. The fourth-order valence-electron chi connectivity index (χ4n) is 1.37. The second-order valence-electron chi connectivity index (χ2n) is 4.60. The lowest BCUT2D eigenvalue weighted by Gasteiger charge is -2.16. The quantitative estimate of drug-likeness (QED) is 0.346. The zero-order valence-corrected chi connectivity index (χ0v) is 12.9. The summed E-state index contributed by atoms with van der Waals surface area (Å²) in [7, 11) is 6.97. The van der Waals surface area contributed by atoms with Crippen LogP contribution in [0.1, 0.15) is 39.5 Å². The van der Waals surface area contributed by atoms with E-state index in [2.05, 4.69) is 10.6 Å². The molecule has 0 aromatic rings. The minimum Gasteiger partial charge on any atom is -0.345 e. The fourth-order valence-corrected chi connectivity index (χ4v) is 1.46. The first kappa shape index (κ1) is 18.8. The van der Waals surface area contributed by atoms with Crippen LogP contribution >= 0.6 is 9.24 Å². The zero-order chi connectivity index (χ0) is 15.7. The van der Waals surface area contributed by atoms with Crippen molar-refractivity contribution in [2.24, 2.45) is 0 Å². The van der Waals surface area contributed by atoms with Crippen LogP contribution < -0.4 is 10.6 Å². The van der Waals surface area contributed by atoms with Gasteiger partial charge in [0.25, 0.3) is 0 Å². The molecule has 3 unspecified atom stereocenters. The predicted octanol–water partition coefficient (Wildman–Crippen LogP) is -0.347. The lowest BCUT2D eigenvalue weighted by atomic mass is 9.97. The summed E-state index contributed by atoms with van der Waals surface area (Å²) in [5.41, 5.74) is -0.627. The minimum absolute atomic E-state index is 0.225. The highest BCUT2D eigenvalue weighted by Gasteiger charge is 2.18. The van der Waals surface area contributed by atoms with Crippen molar-refractivity contribution < 1.29 is 19.2 Å². The standard InChI is InChI=1S/C12H20BN2O4P/c1-7(11(18)15-8(2)12(19)20)14-10(17)6-4-3-5-9(13)16/h7-8H,3-6,20H2,1-2H3,(H,14,17)(H,15,18). The number of nitrogens with one attached hydrogen (secondary N) is 2. The van der Waals surface area contributed by atoms with Crippen LogP contribution in [-0.2, 0) is 19.2 Å². The van der Waals surface area contributed by atoms with E-state index >= 15 is 0 Å². The molecule has 0 aliphatic carbocycles. The van der Waals surface area contributed by atoms with Crippen LogP contribution in [0.15, 0.2) is 0 Å². The van der Waals surface area contributed by atoms with Gasteiger partial charge in [-0.05, 0) is 33.1 Å². The first-order valence-corrected chi connectivity index (χ1v) is 6.99. The Kier molecular flexibility index (Phi) is 9.05. The van der Waals surface area contributed by atoms with Crippen LogP contribution in [0.5, 0.6) is 0 Å². The lowest BCUT2D eigenvalue weighted by molar-refractivity contribution is -0.129.